The monoisotopic (exact) mass is 228 g/mol. The fourth-order valence-electron chi connectivity index (χ4n) is 1.84. The molecule has 0 atom stereocenters. The summed E-state index contributed by atoms with van der Waals surface area (Å²) in [5.41, 5.74) is -1.49. The van der Waals surface area contributed by atoms with Gasteiger partial charge in [-0.2, -0.15) is 0 Å². The van der Waals surface area contributed by atoms with Gasteiger partial charge in [0.1, 0.15) is 5.75 Å². The average Bonchev–Trinajstić information content (AvgIpc) is 3.03. The zero-order valence-corrected chi connectivity index (χ0v) is 8.59. The molecule has 0 spiro atoms. The second kappa shape index (κ2) is 3.43. The van der Waals surface area contributed by atoms with Crippen LogP contribution < -0.4 is 4.74 Å². The predicted octanol–water partition coefficient (Wildman–Crippen LogP) is 2.09. The number of carboxylic acids is 1. The van der Waals surface area contributed by atoms with Crippen LogP contribution in [0.5, 0.6) is 5.75 Å². The lowest BCUT2D eigenvalue weighted by Crippen LogP contribution is -2.22. The zero-order chi connectivity index (χ0) is 11.9. The Morgan fingerprint density at radius 1 is 1.44 bits per heavy atom. The summed E-state index contributed by atoms with van der Waals surface area (Å²) in [5, 5.41) is 9.05. The Labute approximate surface area is 90.7 Å². The minimum Gasteiger partial charge on any atom is -0.496 e. The second-order valence-electron chi connectivity index (χ2n) is 3.83. The molecular formula is C11H10F2O3. The van der Waals surface area contributed by atoms with Gasteiger partial charge in [0.25, 0.3) is 0 Å². The number of halogens is 2. The van der Waals surface area contributed by atoms with Crippen molar-refractivity contribution in [3.63, 3.8) is 0 Å². The number of benzene rings is 1. The van der Waals surface area contributed by atoms with Crippen molar-refractivity contribution < 1.29 is 23.4 Å². The molecule has 1 saturated carbocycles. The van der Waals surface area contributed by atoms with Gasteiger partial charge in [0.15, 0.2) is 11.6 Å². The van der Waals surface area contributed by atoms with Crippen molar-refractivity contribution in [2.75, 3.05) is 7.11 Å². The number of hydrogen-bond donors (Lipinski definition) is 1. The molecule has 0 amide bonds. The first kappa shape index (κ1) is 10.9. The maximum atomic E-state index is 13.6. The van der Waals surface area contributed by atoms with E-state index in [9.17, 15) is 13.6 Å². The minimum atomic E-state index is -1.31. The fraction of sp³-hybridized carbons (Fsp3) is 0.364. The normalized spacial score (nSPS) is 16.9. The molecule has 1 aliphatic rings. The van der Waals surface area contributed by atoms with E-state index >= 15 is 0 Å². The van der Waals surface area contributed by atoms with E-state index in [-0.39, 0.29) is 11.3 Å². The summed E-state index contributed by atoms with van der Waals surface area (Å²) in [6.45, 7) is 0. The SMILES string of the molecule is COc1ccc(F)c(F)c1C1(C(=O)O)CC1. The largest absolute Gasteiger partial charge is 0.496 e. The lowest BCUT2D eigenvalue weighted by atomic mass is 9.94. The molecule has 0 aromatic heterocycles. The highest BCUT2D eigenvalue weighted by atomic mass is 19.2. The third-order valence-electron chi connectivity index (χ3n) is 2.91. The summed E-state index contributed by atoms with van der Waals surface area (Å²) in [5.74, 6) is -3.24. The summed E-state index contributed by atoms with van der Waals surface area (Å²) < 4.78 is 31.6. The van der Waals surface area contributed by atoms with Crippen molar-refractivity contribution in [2.24, 2.45) is 0 Å². The topological polar surface area (TPSA) is 46.5 Å². The number of methoxy groups -OCH3 is 1. The molecule has 0 radical (unpaired) electrons. The molecular weight excluding hydrogens is 218 g/mol. The van der Waals surface area contributed by atoms with E-state index in [0.29, 0.717) is 12.8 Å². The highest BCUT2D eigenvalue weighted by Crippen LogP contribution is 2.52. The summed E-state index contributed by atoms with van der Waals surface area (Å²) in [7, 11) is 1.30. The molecule has 1 fully saturated rings. The van der Waals surface area contributed by atoms with E-state index in [2.05, 4.69) is 0 Å². The van der Waals surface area contributed by atoms with Crippen LogP contribution in [-0.4, -0.2) is 18.2 Å². The van der Waals surface area contributed by atoms with Gasteiger partial charge in [0, 0.05) is 0 Å². The average molecular weight is 228 g/mol. The molecule has 1 aliphatic carbocycles. The first-order chi connectivity index (χ1) is 7.53. The van der Waals surface area contributed by atoms with Crippen LogP contribution >= 0.6 is 0 Å². The lowest BCUT2D eigenvalue weighted by Gasteiger charge is -2.15. The van der Waals surface area contributed by atoms with Crippen molar-refractivity contribution in [3.05, 3.63) is 29.3 Å². The van der Waals surface area contributed by atoms with Gasteiger partial charge in [-0.1, -0.05) is 0 Å². The quantitative estimate of drug-likeness (QED) is 0.861. The number of carbonyl (C=O) groups is 1. The van der Waals surface area contributed by atoms with Crippen molar-refractivity contribution >= 4 is 5.97 Å². The molecule has 0 unspecified atom stereocenters. The number of rotatable bonds is 3. The third kappa shape index (κ3) is 1.35. The first-order valence-electron chi connectivity index (χ1n) is 4.79. The molecule has 16 heavy (non-hydrogen) atoms. The van der Waals surface area contributed by atoms with Crippen LogP contribution in [0, 0.1) is 11.6 Å². The molecule has 3 nitrogen and oxygen atoms in total. The number of carboxylic acid groups (broad SMARTS) is 1. The molecule has 0 heterocycles. The molecule has 0 bridgehead atoms. The number of hydrogen-bond acceptors (Lipinski definition) is 2. The Bertz CT molecular complexity index is 453. The smallest absolute Gasteiger partial charge is 0.314 e. The van der Waals surface area contributed by atoms with Gasteiger partial charge < -0.3 is 9.84 Å². The van der Waals surface area contributed by atoms with Crippen LogP contribution in [0.2, 0.25) is 0 Å². The Balaban J connectivity index is 2.63. The predicted molar refractivity (Wildman–Crippen MR) is 51.5 cm³/mol. The molecule has 0 aliphatic heterocycles. The first-order valence-corrected chi connectivity index (χ1v) is 4.79. The van der Waals surface area contributed by atoms with Gasteiger partial charge in [-0.3, -0.25) is 4.79 Å². The van der Waals surface area contributed by atoms with Gasteiger partial charge in [-0.05, 0) is 25.0 Å². The summed E-state index contributed by atoms with van der Waals surface area (Å²) in [4.78, 5) is 11.1. The molecule has 1 aromatic carbocycles. The Morgan fingerprint density at radius 3 is 2.50 bits per heavy atom. The van der Waals surface area contributed by atoms with E-state index in [1.807, 2.05) is 0 Å². The molecule has 86 valence electrons. The van der Waals surface area contributed by atoms with Gasteiger partial charge in [0.05, 0.1) is 18.1 Å². The lowest BCUT2D eigenvalue weighted by molar-refractivity contribution is -0.140. The number of ether oxygens (including phenoxy) is 1. The zero-order valence-electron chi connectivity index (χ0n) is 8.59. The van der Waals surface area contributed by atoms with Crippen LogP contribution in [0.15, 0.2) is 12.1 Å². The van der Waals surface area contributed by atoms with E-state index in [0.717, 1.165) is 6.07 Å². The van der Waals surface area contributed by atoms with Crippen LogP contribution in [0.3, 0.4) is 0 Å². The van der Waals surface area contributed by atoms with Crippen molar-refractivity contribution in [1.82, 2.24) is 0 Å². The van der Waals surface area contributed by atoms with Gasteiger partial charge in [0.2, 0.25) is 0 Å². The molecule has 5 heteroatoms. The second-order valence-corrected chi connectivity index (χ2v) is 3.83. The van der Waals surface area contributed by atoms with Crippen molar-refractivity contribution in [2.45, 2.75) is 18.3 Å². The van der Waals surface area contributed by atoms with Crippen LogP contribution in [0.4, 0.5) is 8.78 Å². The van der Waals surface area contributed by atoms with Gasteiger partial charge in [-0.25, -0.2) is 8.78 Å². The third-order valence-corrected chi connectivity index (χ3v) is 2.91. The van der Waals surface area contributed by atoms with Gasteiger partial charge >= 0.3 is 5.97 Å². The molecule has 1 aromatic rings. The highest BCUT2D eigenvalue weighted by molar-refractivity contribution is 5.86. The van der Waals surface area contributed by atoms with Crippen molar-refractivity contribution in [1.29, 1.82) is 0 Å². The highest BCUT2D eigenvalue weighted by Gasteiger charge is 2.55. The summed E-state index contributed by atoms with van der Waals surface area (Å²) >= 11 is 0. The van der Waals surface area contributed by atoms with Crippen molar-refractivity contribution in [3.8, 4) is 5.75 Å². The van der Waals surface area contributed by atoms with E-state index in [1.54, 1.807) is 0 Å². The molecule has 0 saturated heterocycles. The Morgan fingerprint density at radius 2 is 2.06 bits per heavy atom. The summed E-state index contributed by atoms with van der Waals surface area (Å²) in [6.07, 6.45) is 0.609. The maximum Gasteiger partial charge on any atom is 0.314 e. The minimum absolute atomic E-state index is 0.0822. The number of aliphatic carboxylic acids is 1. The van der Waals surface area contributed by atoms with Crippen LogP contribution in [-0.2, 0) is 10.2 Å². The summed E-state index contributed by atoms with van der Waals surface area (Å²) in [6, 6.07) is 2.17. The van der Waals surface area contributed by atoms with Crippen LogP contribution in [0.1, 0.15) is 18.4 Å². The fourth-order valence-corrected chi connectivity index (χ4v) is 1.84. The Hall–Kier alpha value is -1.65. The molecule has 1 N–H and O–H groups in total. The maximum absolute atomic E-state index is 13.6. The van der Waals surface area contributed by atoms with E-state index in [1.165, 1.54) is 13.2 Å². The van der Waals surface area contributed by atoms with Gasteiger partial charge in [-0.15, -0.1) is 0 Å². The molecule has 2 rings (SSSR count). The van der Waals surface area contributed by atoms with E-state index < -0.39 is 23.0 Å². The van der Waals surface area contributed by atoms with Crippen LogP contribution in [0.25, 0.3) is 0 Å². The Kier molecular flexibility index (Phi) is 2.33. The standard InChI is InChI=1S/C11H10F2O3/c1-16-7-3-2-6(12)9(13)8(7)11(4-5-11)10(14)15/h2-3H,4-5H2,1H3,(H,14,15). The van der Waals surface area contributed by atoms with E-state index in [4.69, 9.17) is 9.84 Å².